The summed E-state index contributed by atoms with van der Waals surface area (Å²) < 4.78 is 12.5. The Morgan fingerprint density at radius 2 is 1.94 bits per heavy atom. The van der Waals surface area contributed by atoms with Crippen LogP contribution in [0.4, 0.5) is 5.95 Å². The van der Waals surface area contributed by atoms with Crippen molar-refractivity contribution in [3.63, 3.8) is 0 Å². The van der Waals surface area contributed by atoms with Crippen molar-refractivity contribution in [2.75, 3.05) is 37.9 Å². The number of aryl methyl sites for hydroxylation is 1. The minimum atomic E-state index is -1.26. The molecule has 2 aliphatic rings. The third-order valence-electron chi connectivity index (χ3n) is 6.08. The number of nitrogens with zero attached hydrogens (tertiary/aromatic N) is 5. The molecule has 0 amide bonds. The molecule has 176 valence electrons. The molecular weight excluding hydrogens is 458 g/mol. The number of anilines is 1. The minimum Gasteiger partial charge on any atom is -0.477 e. The number of rotatable bonds is 5. The van der Waals surface area contributed by atoms with Crippen LogP contribution in [0.5, 0.6) is 11.5 Å². The Kier molecular flexibility index (Phi) is 5.78. The maximum Gasteiger partial charge on any atom is 0.341 e. The Morgan fingerprint density at radius 3 is 2.68 bits per heavy atom. The molecule has 0 atom stereocenters. The van der Waals surface area contributed by atoms with Crippen LogP contribution in [0.15, 0.2) is 35.4 Å². The van der Waals surface area contributed by atoms with Gasteiger partial charge in [0.15, 0.2) is 11.5 Å². The van der Waals surface area contributed by atoms with Crippen molar-refractivity contribution in [2.24, 2.45) is 0 Å². The number of pyridine rings is 1. The van der Waals surface area contributed by atoms with E-state index >= 15 is 0 Å². The van der Waals surface area contributed by atoms with E-state index in [1.807, 2.05) is 25.1 Å². The summed E-state index contributed by atoms with van der Waals surface area (Å²) in [5, 5.41) is 9.52. The normalized spacial score (nSPS) is 15.1. The van der Waals surface area contributed by atoms with Gasteiger partial charge in [-0.25, -0.2) is 9.78 Å². The standard InChI is InChI=1S/C23H23N5O5S/c1-2-26-12-16(22(30)31)20(29)15-11-24-23(25-21(15)26)28-7-5-27(6-8-28)19(34)10-14-3-4-17-18(9-14)33-13-32-17/h3-4,9,11-12H,2,5-8,10,13H2,1H3,(H,30,31). The zero-order chi connectivity index (χ0) is 23.8. The molecule has 11 heteroatoms. The highest BCUT2D eigenvalue weighted by Gasteiger charge is 2.23. The predicted molar refractivity (Wildman–Crippen MR) is 129 cm³/mol. The van der Waals surface area contributed by atoms with Crippen molar-refractivity contribution in [3.8, 4) is 11.5 Å². The van der Waals surface area contributed by atoms with Gasteiger partial charge >= 0.3 is 5.97 Å². The van der Waals surface area contributed by atoms with E-state index in [2.05, 4.69) is 19.8 Å². The van der Waals surface area contributed by atoms with E-state index in [-0.39, 0.29) is 17.7 Å². The lowest BCUT2D eigenvalue weighted by atomic mass is 10.1. The van der Waals surface area contributed by atoms with Gasteiger partial charge in [0.05, 0.1) is 10.4 Å². The summed E-state index contributed by atoms with van der Waals surface area (Å²) in [5.74, 6) is 0.760. The van der Waals surface area contributed by atoms with Crippen LogP contribution >= 0.6 is 12.2 Å². The number of aromatic carboxylic acids is 1. The van der Waals surface area contributed by atoms with Crippen molar-refractivity contribution < 1.29 is 19.4 Å². The summed E-state index contributed by atoms with van der Waals surface area (Å²) in [6, 6.07) is 5.88. The number of piperazine rings is 1. The van der Waals surface area contributed by atoms with Crippen molar-refractivity contribution in [3.05, 3.63) is 51.9 Å². The van der Waals surface area contributed by atoms with Crippen LogP contribution in [0.1, 0.15) is 22.8 Å². The topological polar surface area (TPSA) is 110 Å². The van der Waals surface area contributed by atoms with Gasteiger partial charge in [-0.15, -0.1) is 0 Å². The number of hydrogen-bond donors (Lipinski definition) is 1. The van der Waals surface area contributed by atoms with Crippen LogP contribution in [-0.2, 0) is 13.0 Å². The Labute approximate surface area is 200 Å². The lowest BCUT2D eigenvalue weighted by Gasteiger charge is -2.36. The molecule has 0 aliphatic carbocycles. The number of hydrogen-bond acceptors (Lipinski definition) is 8. The van der Waals surface area contributed by atoms with Crippen LogP contribution in [0.25, 0.3) is 11.0 Å². The van der Waals surface area contributed by atoms with Gasteiger partial charge in [0.1, 0.15) is 11.2 Å². The number of carbonyl (C=O) groups is 1. The van der Waals surface area contributed by atoms with Gasteiger partial charge < -0.3 is 28.9 Å². The molecule has 4 heterocycles. The molecular formula is C23H23N5O5S. The third-order valence-corrected chi connectivity index (χ3v) is 6.48. The SMILES string of the molecule is CCn1cc(C(=O)O)c(=O)c2cnc(N3CCN(C(=S)Cc4ccc5c(c4)OCO5)CC3)nc21. The van der Waals surface area contributed by atoms with E-state index in [1.54, 1.807) is 4.57 Å². The zero-order valence-corrected chi connectivity index (χ0v) is 19.4. The number of carboxylic acids is 1. The molecule has 0 spiro atoms. The van der Waals surface area contributed by atoms with Crippen LogP contribution in [0, 0.1) is 0 Å². The van der Waals surface area contributed by atoms with Crippen molar-refractivity contribution in [1.29, 1.82) is 0 Å². The molecule has 2 aliphatic heterocycles. The van der Waals surface area contributed by atoms with Gasteiger partial charge in [0, 0.05) is 51.5 Å². The van der Waals surface area contributed by atoms with Crippen molar-refractivity contribution >= 4 is 40.2 Å². The molecule has 1 N–H and O–H groups in total. The summed E-state index contributed by atoms with van der Waals surface area (Å²) in [5.41, 5.74) is 0.656. The van der Waals surface area contributed by atoms with Gasteiger partial charge in [-0.05, 0) is 24.6 Å². The molecule has 34 heavy (non-hydrogen) atoms. The smallest absolute Gasteiger partial charge is 0.341 e. The Balaban J connectivity index is 1.29. The largest absolute Gasteiger partial charge is 0.477 e. The minimum absolute atomic E-state index is 0.203. The molecule has 1 saturated heterocycles. The monoisotopic (exact) mass is 481 g/mol. The molecule has 0 bridgehead atoms. The Hall–Kier alpha value is -3.73. The average molecular weight is 482 g/mol. The maximum atomic E-state index is 12.5. The number of benzene rings is 1. The molecule has 10 nitrogen and oxygen atoms in total. The summed E-state index contributed by atoms with van der Waals surface area (Å²) in [7, 11) is 0. The predicted octanol–water partition coefficient (Wildman–Crippen LogP) is 1.93. The lowest BCUT2D eigenvalue weighted by Crippen LogP contribution is -2.49. The summed E-state index contributed by atoms with van der Waals surface area (Å²) >= 11 is 5.70. The Morgan fingerprint density at radius 1 is 1.18 bits per heavy atom. The molecule has 2 aromatic heterocycles. The van der Waals surface area contributed by atoms with E-state index < -0.39 is 11.4 Å². The molecule has 5 rings (SSSR count). The van der Waals surface area contributed by atoms with E-state index in [0.29, 0.717) is 37.7 Å². The summed E-state index contributed by atoms with van der Waals surface area (Å²) in [6.07, 6.45) is 3.42. The first kappa shape index (κ1) is 22.1. The summed E-state index contributed by atoms with van der Waals surface area (Å²) in [4.78, 5) is 38.0. The number of fused-ring (bicyclic) bond motifs is 2. The van der Waals surface area contributed by atoms with E-state index in [9.17, 15) is 14.7 Å². The van der Waals surface area contributed by atoms with Crippen LogP contribution in [-0.4, -0.2) is 68.5 Å². The fraction of sp³-hybridized carbons (Fsp3) is 0.348. The molecule has 0 saturated carbocycles. The highest BCUT2D eigenvalue weighted by Crippen LogP contribution is 2.32. The van der Waals surface area contributed by atoms with E-state index in [4.69, 9.17) is 21.7 Å². The number of ether oxygens (including phenoxy) is 2. The highest BCUT2D eigenvalue weighted by molar-refractivity contribution is 7.80. The maximum absolute atomic E-state index is 12.5. The van der Waals surface area contributed by atoms with Crippen LogP contribution in [0.2, 0.25) is 0 Å². The van der Waals surface area contributed by atoms with Crippen molar-refractivity contribution in [2.45, 2.75) is 19.9 Å². The van der Waals surface area contributed by atoms with Gasteiger partial charge in [-0.1, -0.05) is 18.3 Å². The number of aromatic nitrogens is 3. The Bertz CT molecular complexity index is 1350. The zero-order valence-electron chi connectivity index (χ0n) is 18.6. The first-order valence-corrected chi connectivity index (χ1v) is 11.4. The fourth-order valence-electron chi connectivity index (χ4n) is 4.20. The van der Waals surface area contributed by atoms with Gasteiger partial charge in [0.2, 0.25) is 18.2 Å². The highest BCUT2D eigenvalue weighted by atomic mass is 32.1. The van der Waals surface area contributed by atoms with Gasteiger partial charge in [-0.2, -0.15) is 4.98 Å². The average Bonchev–Trinajstić information content (AvgIpc) is 3.32. The molecule has 0 unspecified atom stereocenters. The van der Waals surface area contributed by atoms with Crippen LogP contribution in [0.3, 0.4) is 0 Å². The molecule has 3 aromatic rings. The fourth-order valence-corrected chi connectivity index (χ4v) is 4.55. The van der Waals surface area contributed by atoms with E-state index in [1.165, 1.54) is 12.4 Å². The molecule has 1 fully saturated rings. The first-order chi connectivity index (χ1) is 16.4. The third kappa shape index (κ3) is 4.03. The number of carboxylic acid groups (broad SMARTS) is 1. The number of thiocarbonyl (C=S) groups is 1. The second kappa shape index (κ2) is 8.90. The second-order valence-electron chi connectivity index (χ2n) is 8.10. The molecule has 0 radical (unpaired) electrons. The first-order valence-electron chi connectivity index (χ1n) is 11.0. The summed E-state index contributed by atoms with van der Waals surface area (Å²) in [6.45, 7) is 5.41. The van der Waals surface area contributed by atoms with Crippen LogP contribution < -0.4 is 19.8 Å². The second-order valence-corrected chi connectivity index (χ2v) is 8.57. The van der Waals surface area contributed by atoms with E-state index in [0.717, 1.165) is 35.1 Å². The van der Waals surface area contributed by atoms with Gasteiger partial charge in [-0.3, -0.25) is 4.79 Å². The lowest BCUT2D eigenvalue weighted by molar-refractivity contribution is 0.0695. The molecule has 1 aromatic carbocycles. The quantitative estimate of drug-likeness (QED) is 0.543. The van der Waals surface area contributed by atoms with Gasteiger partial charge in [0.25, 0.3) is 0 Å². The van der Waals surface area contributed by atoms with Crippen molar-refractivity contribution in [1.82, 2.24) is 19.4 Å².